The normalized spacial score (nSPS) is 12.5. The maximum absolute atomic E-state index is 13.4. The van der Waals surface area contributed by atoms with Crippen LogP contribution in [0.3, 0.4) is 0 Å². The second-order valence-electron chi connectivity index (χ2n) is 9.71. The molecule has 39 heavy (non-hydrogen) atoms. The van der Waals surface area contributed by atoms with E-state index in [1.807, 2.05) is 0 Å². The molecule has 3 amide bonds. The van der Waals surface area contributed by atoms with Gasteiger partial charge in [-0.05, 0) is 62.8 Å². The van der Waals surface area contributed by atoms with E-state index in [2.05, 4.69) is 26.1 Å². The van der Waals surface area contributed by atoms with Crippen LogP contribution in [0.2, 0.25) is 0 Å². The van der Waals surface area contributed by atoms with Crippen molar-refractivity contribution in [2.24, 2.45) is 0 Å². The van der Waals surface area contributed by atoms with Gasteiger partial charge in [-0.1, -0.05) is 12.1 Å². The number of aromatic nitrogens is 2. The number of hydrazine groups is 1. The van der Waals surface area contributed by atoms with Crippen molar-refractivity contribution in [2.45, 2.75) is 57.9 Å². The lowest BCUT2D eigenvalue weighted by molar-refractivity contribution is -0.141. The molecule has 2 heterocycles. The first-order chi connectivity index (χ1) is 18.2. The summed E-state index contributed by atoms with van der Waals surface area (Å²) in [6.45, 7) is 5.00. The largest absolute Gasteiger partial charge is 0.444 e. The standard InChI is InChI=1S/C26H27F4N5O4/c1-25(2,3)39-24(38)33-19(10-15-4-8-20(31-13-15)26(28,29)30)7-9-22(36)34-35-23(37)16-5-6-17-14-32-21(27)12-18(17)11-16/h4-6,8,11-14,19H,7,9-10H2,1-3H3,(H,33,38)(H,34,36)(H,35,37)/t19-/m1/s1. The van der Waals surface area contributed by atoms with E-state index in [9.17, 15) is 31.9 Å². The smallest absolute Gasteiger partial charge is 0.433 e. The van der Waals surface area contributed by atoms with Crippen molar-refractivity contribution in [3.63, 3.8) is 0 Å². The quantitative estimate of drug-likeness (QED) is 0.227. The molecule has 2 aromatic heterocycles. The zero-order valence-corrected chi connectivity index (χ0v) is 21.4. The minimum atomic E-state index is -4.59. The SMILES string of the molecule is CC(C)(C)OC(=O)N[C@H](CCC(=O)NNC(=O)c1ccc2cnc(F)cc2c1)Cc1ccc(C(F)(F)F)nc1. The minimum absolute atomic E-state index is 0.0736. The third kappa shape index (κ3) is 9.20. The van der Waals surface area contributed by atoms with E-state index in [1.54, 1.807) is 26.8 Å². The summed E-state index contributed by atoms with van der Waals surface area (Å²) in [5.41, 5.74) is 3.27. The number of carbonyl (C=O) groups excluding carboxylic acids is 3. The van der Waals surface area contributed by atoms with Gasteiger partial charge in [0.15, 0.2) is 0 Å². The Morgan fingerprint density at radius 2 is 1.69 bits per heavy atom. The van der Waals surface area contributed by atoms with Crippen LogP contribution in [0.25, 0.3) is 10.8 Å². The Morgan fingerprint density at radius 1 is 0.949 bits per heavy atom. The summed E-state index contributed by atoms with van der Waals surface area (Å²) in [6, 6.07) is 7.08. The van der Waals surface area contributed by atoms with Crippen LogP contribution < -0.4 is 16.2 Å². The first kappa shape index (κ1) is 29.3. The van der Waals surface area contributed by atoms with Crippen molar-refractivity contribution in [2.75, 3.05) is 0 Å². The lowest BCUT2D eigenvalue weighted by Crippen LogP contribution is -2.43. The van der Waals surface area contributed by atoms with Crippen LogP contribution >= 0.6 is 0 Å². The highest BCUT2D eigenvalue weighted by atomic mass is 19.4. The number of fused-ring (bicyclic) bond motifs is 1. The maximum Gasteiger partial charge on any atom is 0.433 e. The fraction of sp³-hybridized carbons (Fsp3) is 0.346. The monoisotopic (exact) mass is 549 g/mol. The fourth-order valence-corrected chi connectivity index (χ4v) is 3.52. The van der Waals surface area contributed by atoms with Gasteiger partial charge in [0.1, 0.15) is 11.3 Å². The predicted molar refractivity (Wildman–Crippen MR) is 133 cm³/mol. The second-order valence-corrected chi connectivity index (χ2v) is 9.71. The molecular formula is C26H27F4N5O4. The third-order valence-electron chi connectivity index (χ3n) is 5.30. The second kappa shape index (κ2) is 12.0. The summed E-state index contributed by atoms with van der Waals surface area (Å²) in [7, 11) is 0. The van der Waals surface area contributed by atoms with E-state index in [0.717, 1.165) is 12.3 Å². The predicted octanol–water partition coefficient (Wildman–Crippen LogP) is 4.46. The highest BCUT2D eigenvalue weighted by Crippen LogP contribution is 2.27. The minimum Gasteiger partial charge on any atom is -0.444 e. The van der Waals surface area contributed by atoms with Crippen molar-refractivity contribution < 1.29 is 36.7 Å². The molecule has 0 saturated heterocycles. The number of nitrogens with zero attached hydrogens (tertiary/aromatic N) is 2. The molecule has 0 aliphatic rings. The highest BCUT2D eigenvalue weighted by molar-refractivity contribution is 5.99. The molecule has 0 spiro atoms. The fourth-order valence-electron chi connectivity index (χ4n) is 3.52. The number of amides is 3. The van der Waals surface area contributed by atoms with Crippen molar-refractivity contribution in [3.05, 3.63) is 71.6 Å². The molecule has 9 nitrogen and oxygen atoms in total. The number of pyridine rings is 2. The van der Waals surface area contributed by atoms with Crippen molar-refractivity contribution >= 4 is 28.7 Å². The summed E-state index contributed by atoms with van der Waals surface area (Å²) in [5.74, 6) is -1.92. The van der Waals surface area contributed by atoms with Gasteiger partial charge < -0.3 is 10.1 Å². The van der Waals surface area contributed by atoms with Crippen LogP contribution in [0.4, 0.5) is 22.4 Å². The summed E-state index contributed by atoms with van der Waals surface area (Å²) >= 11 is 0. The number of carbonyl (C=O) groups is 3. The molecule has 1 aromatic carbocycles. The summed E-state index contributed by atoms with van der Waals surface area (Å²) < 4.78 is 57.1. The number of alkyl halides is 3. The number of rotatable bonds is 7. The van der Waals surface area contributed by atoms with Crippen LogP contribution in [0.1, 0.15) is 55.2 Å². The Bertz CT molecular complexity index is 1340. The number of alkyl carbamates (subject to hydrolysis) is 1. The Labute approximate surface area is 221 Å². The summed E-state index contributed by atoms with van der Waals surface area (Å²) in [5, 5.41) is 3.70. The zero-order valence-electron chi connectivity index (χ0n) is 21.4. The van der Waals surface area contributed by atoms with E-state index in [0.29, 0.717) is 16.3 Å². The molecule has 0 radical (unpaired) electrons. The third-order valence-corrected chi connectivity index (χ3v) is 5.30. The Hall–Kier alpha value is -4.29. The molecule has 0 aliphatic heterocycles. The average Bonchev–Trinajstić information content (AvgIpc) is 2.84. The number of halogens is 4. The lowest BCUT2D eigenvalue weighted by atomic mass is 10.0. The molecule has 0 saturated carbocycles. The van der Waals surface area contributed by atoms with Gasteiger partial charge in [-0.2, -0.15) is 17.6 Å². The Kier molecular flexibility index (Phi) is 9.04. The van der Waals surface area contributed by atoms with Gasteiger partial charge in [0.25, 0.3) is 5.91 Å². The summed E-state index contributed by atoms with van der Waals surface area (Å²) in [4.78, 5) is 44.1. The van der Waals surface area contributed by atoms with Gasteiger partial charge in [-0.25, -0.2) is 9.78 Å². The molecule has 0 bridgehead atoms. The van der Waals surface area contributed by atoms with Gasteiger partial charge in [0.05, 0.1) is 0 Å². The van der Waals surface area contributed by atoms with E-state index < -0.39 is 47.4 Å². The van der Waals surface area contributed by atoms with Crippen LogP contribution in [-0.4, -0.2) is 39.5 Å². The molecule has 208 valence electrons. The van der Waals surface area contributed by atoms with Gasteiger partial charge in [-0.3, -0.25) is 25.4 Å². The van der Waals surface area contributed by atoms with Crippen LogP contribution in [0.15, 0.2) is 48.8 Å². The van der Waals surface area contributed by atoms with E-state index in [4.69, 9.17) is 4.74 Å². The number of hydrogen-bond donors (Lipinski definition) is 3. The zero-order chi connectivity index (χ0) is 28.8. The number of nitrogens with one attached hydrogen (secondary N) is 3. The first-order valence-electron chi connectivity index (χ1n) is 11.9. The summed E-state index contributed by atoms with van der Waals surface area (Å²) in [6.07, 6.45) is -2.96. The van der Waals surface area contributed by atoms with Crippen LogP contribution in [0, 0.1) is 5.95 Å². The van der Waals surface area contributed by atoms with Crippen molar-refractivity contribution in [1.82, 2.24) is 26.1 Å². The van der Waals surface area contributed by atoms with Crippen molar-refractivity contribution in [1.29, 1.82) is 0 Å². The average molecular weight is 550 g/mol. The van der Waals surface area contributed by atoms with E-state index >= 15 is 0 Å². The lowest BCUT2D eigenvalue weighted by Gasteiger charge is -2.24. The molecule has 3 rings (SSSR count). The number of benzene rings is 1. The molecule has 13 heteroatoms. The number of hydrogen-bond acceptors (Lipinski definition) is 6. The van der Waals surface area contributed by atoms with Crippen LogP contribution in [-0.2, 0) is 22.1 Å². The van der Waals surface area contributed by atoms with Crippen molar-refractivity contribution in [3.8, 4) is 0 Å². The number of ether oxygens (including phenoxy) is 1. The van der Waals surface area contributed by atoms with E-state index in [1.165, 1.54) is 30.5 Å². The van der Waals surface area contributed by atoms with Gasteiger partial charge in [-0.15, -0.1) is 0 Å². The van der Waals surface area contributed by atoms with E-state index in [-0.39, 0.29) is 24.8 Å². The maximum atomic E-state index is 13.4. The van der Waals surface area contributed by atoms with Gasteiger partial charge >= 0.3 is 12.3 Å². The Morgan fingerprint density at radius 3 is 2.33 bits per heavy atom. The molecule has 0 aliphatic carbocycles. The molecular weight excluding hydrogens is 522 g/mol. The molecule has 0 unspecified atom stereocenters. The topological polar surface area (TPSA) is 122 Å². The van der Waals surface area contributed by atoms with Gasteiger partial charge in [0, 0.05) is 41.9 Å². The highest BCUT2D eigenvalue weighted by Gasteiger charge is 2.32. The first-order valence-corrected chi connectivity index (χ1v) is 11.9. The molecule has 3 N–H and O–H groups in total. The molecule has 1 atom stereocenters. The Balaban J connectivity index is 1.59. The van der Waals surface area contributed by atoms with Gasteiger partial charge in [0.2, 0.25) is 11.9 Å². The van der Waals surface area contributed by atoms with Crippen LogP contribution in [0.5, 0.6) is 0 Å². The molecule has 0 fully saturated rings. The molecule has 3 aromatic rings.